The highest BCUT2D eigenvalue weighted by molar-refractivity contribution is 6.36. The Balaban J connectivity index is 2.31. The molecule has 3 nitrogen and oxygen atoms in total. The molecule has 0 aliphatic rings. The molecule has 96 valence electrons. The fourth-order valence-electron chi connectivity index (χ4n) is 1.94. The van der Waals surface area contributed by atoms with Gasteiger partial charge < -0.3 is 5.73 Å². The van der Waals surface area contributed by atoms with Gasteiger partial charge in [0.2, 0.25) is 0 Å². The van der Waals surface area contributed by atoms with Crippen LogP contribution >= 0.6 is 23.2 Å². The monoisotopic (exact) mass is 295 g/mol. The summed E-state index contributed by atoms with van der Waals surface area (Å²) in [5, 5.41) is 0.842. The third-order valence-corrected chi connectivity index (χ3v) is 3.26. The second-order valence-corrected chi connectivity index (χ2v) is 4.90. The molecule has 1 aromatic carbocycles. The molecular weight excluding hydrogens is 288 g/mol. The van der Waals surface area contributed by atoms with Crippen molar-refractivity contribution in [1.29, 1.82) is 0 Å². The molecule has 0 bridgehead atoms. The zero-order chi connectivity index (χ0) is 13.6. The first-order chi connectivity index (χ1) is 9.06. The van der Waals surface area contributed by atoms with Gasteiger partial charge in [-0.3, -0.25) is 4.40 Å². The van der Waals surface area contributed by atoms with Gasteiger partial charge in [-0.1, -0.05) is 35.3 Å². The van der Waals surface area contributed by atoms with Gasteiger partial charge in [0.15, 0.2) is 5.65 Å². The topological polar surface area (TPSA) is 43.3 Å². The van der Waals surface area contributed by atoms with Crippen LogP contribution in [-0.4, -0.2) is 9.38 Å². The molecule has 0 amide bonds. The highest BCUT2D eigenvalue weighted by Gasteiger charge is 2.14. The van der Waals surface area contributed by atoms with Crippen molar-refractivity contribution in [1.82, 2.24) is 9.38 Å². The molecule has 0 atom stereocenters. The van der Waals surface area contributed by atoms with Gasteiger partial charge in [-0.2, -0.15) is 0 Å². The van der Waals surface area contributed by atoms with Gasteiger partial charge in [0.1, 0.15) is 17.3 Å². The van der Waals surface area contributed by atoms with Crippen LogP contribution in [0.4, 0.5) is 10.2 Å². The number of halogens is 3. The molecule has 2 N–H and O–H groups in total. The number of anilines is 1. The van der Waals surface area contributed by atoms with Crippen LogP contribution in [0.1, 0.15) is 0 Å². The molecule has 0 spiro atoms. The van der Waals surface area contributed by atoms with Crippen LogP contribution in [0.2, 0.25) is 10.0 Å². The number of aromatic nitrogens is 2. The van der Waals surface area contributed by atoms with Crippen molar-refractivity contribution in [3.05, 3.63) is 52.4 Å². The summed E-state index contributed by atoms with van der Waals surface area (Å²) in [6.07, 6.45) is 1.62. The van der Waals surface area contributed by atoms with E-state index in [0.29, 0.717) is 32.8 Å². The van der Waals surface area contributed by atoms with E-state index in [4.69, 9.17) is 28.9 Å². The summed E-state index contributed by atoms with van der Waals surface area (Å²) < 4.78 is 14.8. The smallest absolute Gasteiger partial charge is 0.158 e. The van der Waals surface area contributed by atoms with Crippen molar-refractivity contribution in [2.24, 2.45) is 0 Å². The lowest BCUT2D eigenvalue weighted by atomic mass is 10.1. The number of hydrogen-bond acceptors (Lipinski definition) is 2. The SMILES string of the molecule is Nc1c(-c2cccc(F)c2)nc2c(Cl)cc(Cl)cn12. The van der Waals surface area contributed by atoms with Crippen molar-refractivity contribution < 1.29 is 4.39 Å². The van der Waals surface area contributed by atoms with Crippen molar-refractivity contribution in [2.75, 3.05) is 5.73 Å². The second-order valence-electron chi connectivity index (χ2n) is 4.06. The molecular formula is C13H8Cl2FN3. The van der Waals surface area contributed by atoms with Gasteiger partial charge in [0.05, 0.1) is 10.0 Å². The average Bonchev–Trinajstić information content (AvgIpc) is 2.68. The molecule has 2 aromatic heterocycles. The Morgan fingerprint density at radius 2 is 2.00 bits per heavy atom. The van der Waals surface area contributed by atoms with Crippen LogP contribution in [0.3, 0.4) is 0 Å². The molecule has 19 heavy (non-hydrogen) atoms. The molecule has 0 unspecified atom stereocenters. The summed E-state index contributed by atoms with van der Waals surface area (Å²) in [6.45, 7) is 0. The van der Waals surface area contributed by atoms with Crippen LogP contribution in [0, 0.1) is 5.82 Å². The highest BCUT2D eigenvalue weighted by Crippen LogP contribution is 2.31. The van der Waals surface area contributed by atoms with Crippen molar-refractivity contribution in [2.45, 2.75) is 0 Å². The first-order valence-electron chi connectivity index (χ1n) is 5.45. The molecule has 0 aliphatic carbocycles. The van der Waals surface area contributed by atoms with E-state index < -0.39 is 0 Å². The Labute approximate surface area is 118 Å². The first kappa shape index (κ1) is 12.3. The summed E-state index contributed by atoms with van der Waals surface area (Å²) >= 11 is 12.0. The van der Waals surface area contributed by atoms with Crippen LogP contribution in [-0.2, 0) is 0 Å². The molecule has 3 aromatic rings. The van der Waals surface area contributed by atoms with E-state index in [-0.39, 0.29) is 5.82 Å². The van der Waals surface area contributed by atoms with E-state index in [1.54, 1.807) is 28.8 Å². The summed E-state index contributed by atoms with van der Waals surface area (Å²) in [7, 11) is 0. The lowest BCUT2D eigenvalue weighted by Crippen LogP contribution is -1.94. The maximum atomic E-state index is 13.3. The number of imidazole rings is 1. The highest BCUT2D eigenvalue weighted by atomic mass is 35.5. The molecule has 0 saturated carbocycles. The van der Waals surface area contributed by atoms with Gasteiger partial charge in [0.25, 0.3) is 0 Å². The minimum Gasteiger partial charge on any atom is -0.383 e. The molecule has 0 fully saturated rings. The van der Waals surface area contributed by atoms with Crippen molar-refractivity contribution in [3.8, 4) is 11.3 Å². The van der Waals surface area contributed by atoms with Gasteiger partial charge in [0, 0.05) is 11.8 Å². The predicted molar refractivity (Wildman–Crippen MR) is 75.0 cm³/mol. The van der Waals surface area contributed by atoms with E-state index in [9.17, 15) is 4.39 Å². The Hall–Kier alpha value is -1.78. The Morgan fingerprint density at radius 3 is 2.74 bits per heavy atom. The number of rotatable bonds is 1. The third kappa shape index (κ3) is 2.03. The minimum atomic E-state index is -0.349. The largest absolute Gasteiger partial charge is 0.383 e. The van der Waals surface area contributed by atoms with E-state index in [0.717, 1.165) is 0 Å². The van der Waals surface area contributed by atoms with E-state index in [1.165, 1.54) is 12.1 Å². The molecule has 0 radical (unpaired) electrons. The number of pyridine rings is 1. The molecule has 3 rings (SSSR count). The molecule has 0 aliphatic heterocycles. The lowest BCUT2D eigenvalue weighted by molar-refractivity contribution is 0.628. The van der Waals surface area contributed by atoms with E-state index >= 15 is 0 Å². The number of nitrogens with two attached hydrogens (primary N) is 1. The fraction of sp³-hybridized carbons (Fsp3) is 0. The van der Waals surface area contributed by atoms with Gasteiger partial charge in [-0.05, 0) is 18.2 Å². The maximum Gasteiger partial charge on any atom is 0.158 e. The zero-order valence-electron chi connectivity index (χ0n) is 9.57. The number of fused-ring (bicyclic) bond motifs is 1. The lowest BCUT2D eigenvalue weighted by Gasteiger charge is -2.00. The Bertz CT molecular complexity index is 783. The van der Waals surface area contributed by atoms with Crippen LogP contribution in [0.25, 0.3) is 16.9 Å². The van der Waals surface area contributed by atoms with Crippen LogP contribution in [0.15, 0.2) is 36.5 Å². The Kier molecular flexibility index (Phi) is 2.84. The summed E-state index contributed by atoms with van der Waals surface area (Å²) in [4.78, 5) is 4.34. The number of nitrogens with zero attached hydrogens (tertiary/aromatic N) is 2. The van der Waals surface area contributed by atoms with Gasteiger partial charge >= 0.3 is 0 Å². The van der Waals surface area contributed by atoms with E-state index in [2.05, 4.69) is 4.98 Å². The van der Waals surface area contributed by atoms with Crippen LogP contribution < -0.4 is 5.73 Å². The van der Waals surface area contributed by atoms with Crippen molar-refractivity contribution >= 4 is 34.7 Å². The fourth-order valence-corrected chi connectivity index (χ4v) is 2.45. The minimum absolute atomic E-state index is 0.349. The van der Waals surface area contributed by atoms with E-state index in [1.807, 2.05) is 0 Å². The van der Waals surface area contributed by atoms with Crippen LogP contribution in [0.5, 0.6) is 0 Å². The predicted octanol–water partition coefficient (Wildman–Crippen LogP) is 4.03. The zero-order valence-corrected chi connectivity index (χ0v) is 11.1. The van der Waals surface area contributed by atoms with Gasteiger partial charge in [-0.15, -0.1) is 0 Å². The standard InChI is InChI=1S/C13H8Cl2FN3/c14-8-5-10(15)13-18-11(12(17)19(13)6-8)7-2-1-3-9(16)4-7/h1-6H,17H2. The van der Waals surface area contributed by atoms with Crippen molar-refractivity contribution in [3.63, 3.8) is 0 Å². The molecule has 2 heterocycles. The Morgan fingerprint density at radius 1 is 1.21 bits per heavy atom. The summed E-state index contributed by atoms with van der Waals surface area (Å²) in [5.74, 6) is 0.0167. The number of hydrogen-bond donors (Lipinski definition) is 1. The maximum absolute atomic E-state index is 13.3. The number of nitrogen functional groups attached to an aromatic ring is 1. The van der Waals surface area contributed by atoms with Gasteiger partial charge in [-0.25, -0.2) is 9.37 Å². The normalized spacial score (nSPS) is 11.1. The summed E-state index contributed by atoms with van der Waals surface area (Å²) in [6, 6.07) is 7.65. The second kappa shape index (κ2) is 4.40. The average molecular weight is 296 g/mol. The quantitative estimate of drug-likeness (QED) is 0.736. The first-order valence-corrected chi connectivity index (χ1v) is 6.20. The molecule has 0 saturated heterocycles. The molecule has 6 heteroatoms. The number of benzene rings is 1. The third-order valence-electron chi connectivity index (χ3n) is 2.78. The summed E-state index contributed by atoms with van der Waals surface area (Å²) in [5.41, 5.74) is 7.58.